The molecular weight excluding hydrogens is 278 g/mol. The number of hydrogen-bond donors (Lipinski definition) is 1. The molecule has 0 bridgehead atoms. The second-order valence-corrected chi connectivity index (χ2v) is 6.63. The van der Waals surface area contributed by atoms with Crippen LogP contribution in [-0.2, 0) is 11.2 Å². The number of rotatable bonds is 2. The van der Waals surface area contributed by atoms with Crippen LogP contribution in [-0.4, -0.2) is 24.3 Å². The molecule has 1 aliphatic rings. The Labute approximate surface area is 112 Å². The molecule has 1 atom stereocenters. The summed E-state index contributed by atoms with van der Waals surface area (Å²) in [7, 11) is 0. The predicted octanol–water partition coefficient (Wildman–Crippen LogP) is 3.15. The zero-order valence-corrected chi connectivity index (χ0v) is 12.3. The second kappa shape index (κ2) is 4.71. The van der Waals surface area contributed by atoms with Crippen molar-refractivity contribution in [2.24, 2.45) is 0 Å². The molecule has 0 spiro atoms. The average molecular weight is 298 g/mol. The summed E-state index contributed by atoms with van der Waals surface area (Å²) < 4.78 is 7.34. The lowest BCUT2D eigenvalue weighted by atomic mass is 9.92. The molecule has 3 heteroatoms. The molecule has 1 aromatic carbocycles. The maximum atomic E-state index is 6.22. The van der Waals surface area contributed by atoms with Crippen LogP contribution in [0.15, 0.2) is 28.7 Å². The zero-order chi connectivity index (χ0) is 12.5. The normalized spacial score (nSPS) is 28.0. The van der Waals surface area contributed by atoms with Gasteiger partial charge in [0.15, 0.2) is 0 Å². The van der Waals surface area contributed by atoms with Crippen LogP contribution in [0, 0.1) is 0 Å². The highest BCUT2D eigenvalue weighted by molar-refractivity contribution is 9.10. The highest BCUT2D eigenvalue weighted by Gasteiger charge is 2.37. The summed E-state index contributed by atoms with van der Waals surface area (Å²) in [6, 6.07) is 8.47. The van der Waals surface area contributed by atoms with Gasteiger partial charge >= 0.3 is 0 Å². The maximum Gasteiger partial charge on any atom is 0.0826 e. The third-order valence-corrected chi connectivity index (χ3v) is 3.59. The van der Waals surface area contributed by atoms with E-state index < -0.39 is 0 Å². The third-order valence-electron chi connectivity index (χ3n) is 3.06. The Morgan fingerprint density at radius 1 is 1.18 bits per heavy atom. The van der Waals surface area contributed by atoms with Gasteiger partial charge in [0.2, 0.25) is 0 Å². The molecule has 1 fully saturated rings. The van der Waals surface area contributed by atoms with Crippen LogP contribution in [0.5, 0.6) is 0 Å². The van der Waals surface area contributed by atoms with E-state index in [0.717, 1.165) is 24.0 Å². The van der Waals surface area contributed by atoms with Gasteiger partial charge in [-0.3, -0.25) is 0 Å². The van der Waals surface area contributed by atoms with Gasteiger partial charge in [-0.2, -0.15) is 0 Å². The van der Waals surface area contributed by atoms with Crippen molar-refractivity contribution in [2.45, 2.75) is 38.4 Å². The predicted molar refractivity (Wildman–Crippen MR) is 74.3 cm³/mol. The first kappa shape index (κ1) is 13.1. The molecule has 1 unspecified atom stereocenters. The average Bonchev–Trinajstić information content (AvgIpc) is 2.19. The summed E-state index contributed by atoms with van der Waals surface area (Å²) in [5, 5.41) is 3.46. The lowest BCUT2D eigenvalue weighted by molar-refractivity contribution is -0.151. The lowest BCUT2D eigenvalue weighted by Crippen LogP contribution is -2.57. The van der Waals surface area contributed by atoms with Crippen LogP contribution < -0.4 is 5.32 Å². The number of benzene rings is 1. The smallest absolute Gasteiger partial charge is 0.0826 e. The van der Waals surface area contributed by atoms with E-state index in [9.17, 15) is 0 Å². The molecule has 0 aliphatic carbocycles. The fourth-order valence-electron chi connectivity index (χ4n) is 2.50. The molecule has 2 nitrogen and oxygen atoms in total. The van der Waals surface area contributed by atoms with Gasteiger partial charge < -0.3 is 10.1 Å². The molecule has 1 aliphatic heterocycles. The van der Waals surface area contributed by atoms with E-state index >= 15 is 0 Å². The number of hydrogen-bond acceptors (Lipinski definition) is 2. The van der Waals surface area contributed by atoms with Crippen LogP contribution in [0.1, 0.15) is 26.3 Å². The van der Waals surface area contributed by atoms with Crippen LogP contribution in [0.4, 0.5) is 0 Å². The molecule has 17 heavy (non-hydrogen) atoms. The largest absolute Gasteiger partial charge is 0.366 e. The van der Waals surface area contributed by atoms with E-state index in [2.05, 4.69) is 66.3 Å². The van der Waals surface area contributed by atoms with Gasteiger partial charge in [-0.05, 0) is 38.5 Å². The first-order valence-corrected chi connectivity index (χ1v) is 6.83. The maximum absolute atomic E-state index is 6.22. The molecule has 0 amide bonds. The van der Waals surface area contributed by atoms with Gasteiger partial charge in [-0.1, -0.05) is 28.1 Å². The minimum atomic E-state index is -0.115. The Hall–Kier alpha value is -0.380. The summed E-state index contributed by atoms with van der Waals surface area (Å²) in [6.07, 6.45) is 0.941. The van der Waals surface area contributed by atoms with Gasteiger partial charge in [-0.25, -0.2) is 0 Å². The summed E-state index contributed by atoms with van der Waals surface area (Å²) in [5.41, 5.74) is 1.12. The summed E-state index contributed by atoms with van der Waals surface area (Å²) in [5.74, 6) is 0. The van der Waals surface area contributed by atoms with Crippen molar-refractivity contribution in [1.29, 1.82) is 0 Å². The van der Waals surface area contributed by atoms with Crippen molar-refractivity contribution in [2.75, 3.05) is 13.1 Å². The van der Waals surface area contributed by atoms with Gasteiger partial charge in [0.05, 0.1) is 11.2 Å². The van der Waals surface area contributed by atoms with Crippen molar-refractivity contribution < 1.29 is 4.74 Å². The van der Waals surface area contributed by atoms with E-state index in [-0.39, 0.29) is 11.2 Å². The highest BCUT2D eigenvalue weighted by atomic mass is 79.9. The Morgan fingerprint density at radius 3 is 2.41 bits per heavy atom. The minimum absolute atomic E-state index is 0.0810. The Balaban J connectivity index is 2.09. The van der Waals surface area contributed by atoms with Gasteiger partial charge in [0.25, 0.3) is 0 Å². The lowest BCUT2D eigenvalue weighted by Gasteiger charge is -2.44. The molecular formula is C14H20BrNO. The van der Waals surface area contributed by atoms with Gasteiger partial charge in [0.1, 0.15) is 0 Å². The van der Waals surface area contributed by atoms with Crippen LogP contribution in [0.25, 0.3) is 0 Å². The summed E-state index contributed by atoms with van der Waals surface area (Å²) in [6.45, 7) is 8.29. The number of nitrogens with one attached hydrogen (secondary N) is 1. The van der Waals surface area contributed by atoms with E-state index in [1.807, 2.05) is 0 Å². The quantitative estimate of drug-likeness (QED) is 0.905. The minimum Gasteiger partial charge on any atom is -0.366 e. The fourth-order valence-corrected chi connectivity index (χ4v) is 2.76. The SMILES string of the molecule is CC1(C)CNCC(C)(Cc2ccc(Br)cc2)O1. The number of ether oxygens (including phenoxy) is 1. The molecule has 1 heterocycles. The standard InChI is InChI=1S/C14H20BrNO/c1-13(2)9-16-10-14(3,17-13)8-11-4-6-12(15)7-5-11/h4-7,16H,8-10H2,1-3H3. The molecule has 0 radical (unpaired) electrons. The highest BCUT2D eigenvalue weighted by Crippen LogP contribution is 2.27. The van der Waals surface area contributed by atoms with Gasteiger partial charge in [-0.15, -0.1) is 0 Å². The van der Waals surface area contributed by atoms with Crippen molar-refractivity contribution in [3.05, 3.63) is 34.3 Å². The molecule has 2 rings (SSSR count). The van der Waals surface area contributed by atoms with E-state index in [0.29, 0.717) is 0 Å². The van der Waals surface area contributed by atoms with Crippen molar-refractivity contribution in [3.8, 4) is 0 Å². The number of morpholine rings is 1. The van der Waals surface area contributed by atoms with E-state index in [1.165, 1.54) is 5.56 Å². The topological polar surface area (TPSA) is 21.3 Å². The zero-order valence-electron chi connectivity index (χ0n) is 10.7. The molecule has 1 N–H and O–H groups in total. The Kier molecular flexibility index (Phi) is 3.62. The van der Waals surface area contributed by atoms with Gasteiger partial charge in [0, 0.05) is 24.0 Å². The second-order valence-electron chi connectivity index (χ2n) is 5.72. The molecule has 1 saturated heterocycles. The fraction of sp³-hybridized carbons (Fsp3) is 0.571. The van der Waals surface area contributed by atoms with Crippen molar-refractivity contribution >= 4 is 15.9 Å². The first-order valence-electron chi connectivity index (χ1n) is 6.04. The Morgan fingerprint density at radius 2 is 1.82 bits per heavy atom. The van der Waals surface area contributed by atoms with Crippen LogP contribution >= 0.6 is 15.9 Å². The molecule has 0 saturated carbocycles. The first-order chi connectivity index (χ1) is 7.89. The van der Waals surface area contributed by atoms with E-state index in [1.54, 1.807) is 0 Å². The summed E-state index contributed by atoms with van der Waals surface area (Å²) >= 11 is 3.46. The molecule has 0 aromatic heterocycles. The van der Waals surface area contributed by atoms with Crippen LogP contribution in [0.2, 0.25) is 0 Å². The monoisotopic (exact) mass is 297 g/mol. The Bertz CT molecular complexity index is 388. The van der Waals surface area contributed by atoms with Crippen LogP contribution in [0.3, 0.4) is 0 Å². The molecule has 94 valence electrons. The molecule has 1 aromatic rings. The van der Waals surface area contributed by atoms with Crippen molar-refractivity contribution in [3.63, 3.8) is 0 Å². The van der Waals surface area contributed by atoms with Crippen molar-refractivity contribution in [1.82, 2.24) is 5.32 Å². The number of halogens is 1. The van der Waals surface area contributed by atoms with E-state index in [4.69, 9.17) is 4.74 Å². The summed E-state index contributed by atoms with van der Waals surface area (Å²) in [4.78, 5) is 0. The third kappa shape index (κ3) is 3.54.